The Balaban J connectivity index is 1.80. The lowest BCUT2D eigenvalue weighted by Crippen LogP contribution is -2.32. The van der Waals surface area contributed by atoms with Gasteiger partial charge < -0.3 is 4.90 Å². The van der Waals surface area contributed by atoms with E-state index in [1.807, 2.05) is 0 Å². The van der Waals surface area contributed by atoms with E-state index >= 15 is 0 Å². The fourth-order valence-electron chi connectivity index (χ4n) is 3.33. The second-order valence-corrected chi connectivity index (χ2v) is 7.36. The van der Waals surface area contributed by atoms with Crippen molar-refractivity contribution in [2.45, 2.75) is 32.9 Å². The average Bonchev–Trinajstić information content (AvgIpc) is 2.54. The van der Waals surface area contributed by atoms with Crippen LogP contribution in [-0.2, 0) is 6.18 Å². The van der Waals surface area contributed by atoms with Crippen LogP contribution in [0.1, 0.15) is 37.8 Å². The summed E-state index contributed by atoms with van der Waals surface area (Å²) in [6.45, 7) is 9.61. The summed E-state index contributed by atoms with van der Waals surface area (Å²) in [6, 6.07) is 5.52. The monoisotopic (exact) mass is 354 g/mol. The fraction of sp³-hybridized carbons (Fsp3) is 0.600. The maximum atomic E-state index is 12.6. The Bertz CT molecular complexity index is 561. The predicted molar refractivity (Wildman–Crippen MR) is 97.4 cm³/mol. The lowest BCUT2D eigenvalue weighted by molar-refractivity contribution is -0.137. The molecule has 0 atom stereocenters. The smallest absolute Gasteiger partial charge is 0.306 e. The van der Waals surface area contributed by atoms with Gasteiger partial charge in [0.1, 0.15) is 0 Å². The van der Waals surface area contributed by atoms with Gasteiger partial charge in [-0.25, -0.2) is 0 Å². The third-order valence-electron chi connectivity index (χ3n) is 4.57. The molecule has 1 heterocycles. The van der Waals surface area contributed by atoms with Gasteiger partial charge in [0.05, 0.1) is 5.56 Å². The summed E-state index contributed by atoms with van der Waals surface area (Å²) in [6.07, 6.45) is -0.0667. The molecule has 0 bridgehead atoms. The highest BCUT2D eigenvalue weighted by Gasteiger charge is 2.30. The third-order valence-corrected chi connectivity index (χ3v) is 4.57. The molecule has 0 radical (unpaired) electrons. The van der Waals surface area contributed by atoms with E-state index in [9.17, 15) is 13.2 Å². The van der Waals surface area contributed by atoms with Crippen molar-refractivity contribution in [3.05, 3.63) is 41.5 Å². The van der Waals surface area contributed by atoms with E-state index in [1.165, 1.54) is 12.1 Å². The van der Waals surface area contributed by atoms with Crippen molar-refractivity contribution >= 4 is 5.57 Å². The van der Waals surface area contributed by atoms with E-state index in [2.05, 4.69) is 36.8 Å². The van der Waals surface area contributed by atoms with Crippen LogP contribution in [0.25, 0.3) is 5.57 Å². The van der Waals surface area contributed by atoms with E-state index in [-0.39, 0.29) is 0 Å². The quantitative estimate of drug-likeness (QED) is 0.696. The van der Waals surface area contributed by atoms with Gasteiger partial charge in [-0.15, -0.1) is 0 Å². The molecule has 5 heteroatoms. The topological polar surface area (TPSA) is 6.48 Å². The molecule has 1 aliphatic heterocycles. The molecule has 2 rings (SSSR count). The Hall–Kier alpha value is -1.33. The lowest BCUT2D eigenvalue weighted by atomic mass is 9.98. The van der Waals surface area contributed by atoms with E-state index < -0.39 is 11.7 Å². The van der Waals surface area contributed by atoms with Gasteiger partial charge in [-0.3, -0.25) is 4.90 Å². The standard InChI is InChI=1S/C20H29F3N2/c1-16(2)15-24(3)11-4-12-25-13-9-18(10-14-25)17-5-7-19(8-6-17)20(21,22)23/h5-9,16H,4,10-15H2,1-3H3. The molecule has 1 aromatic rings. The Morgan fingerprint density at radius 1 is 1.16 bits per heavy atom. The highest BCUT2D eigenvalue weighted by molar-refractivity contribution is 5.66. The fourth-order valence-corrected chi connectivity index (χ4v) is 3.33. The van der Waals surface area contributed by atoms with Gasteiger partial charge in [-0.05, 0) is 62.2 Å². The Morgan fingerprint density at radius 3 is 2.36 bits per heavy atom. The van der Waals surface area contributed by atoms with Gasteiger partial charge >= 0.3 is 6.18 Å². The first-order valence-corrected chi connectivity index (χ1v) is 9.03. The molecule has 1 aliphatic rings. The number of hydrogen-bond acceptors (Lipinski definition) is 2. The molecular formula is C20H29F3N2. The number of halogens is 3. The zero-order valence-corrected chi connectivity index (χ0v) is 15.4. The van der Waals surface area contributed by atoms with E-state index in [0.29, 0.717) is 5.92 Å². The molecule has 0 aliphatic carbocycles. The molecule has 25 heavy (non-hydrogen) atoms. The molecule has 0 aromatic heterocycles. The van der Waals surface area contributed by atoms with E-state index in [1.54, 1.807) is 12.1 Å². The normalized spacial score (nSPS) is 16.6. The minimum Gasteiger partial charge on any atom is -0.306 e. The first kappa shape index (κ1) is 20.0. The van der Waals surface area contributed by atoms with Crippen LogP contribution >= 0.6 is 0 Å². The molecular weight excluding hydrogens is 325 g/mol. The number of hydrogen-bond donors (Lipinski definition) is 0. The van der Waals surface area contributed by atoms with Gasteiger partial charge in [0.2, 0.25) is 0 Å². The average molecular weight is 354 g/mol. The van der Waals surface area contributed by atoms with E-state index in [4.69, 9.17) is 0 Å². The van der Waals surface area contributed by atoms with Gasteiger partial charge in [0, 0.05) is 19.6 Å². The van der Waals surface area contributed by atoms with Crippen LogP contribution in [0.3, 0.4) is 0 Å². The highest BCUT2D eigenvalue weighted by atomic mass is 19.4. The first-order chi connectivity index (χ1) is 11.8. The van der Waals surface area contributed by atoms with Crippen LogP contribution in [0.2, 0.25) is 0 Å². The molecule has 2 nitrogen and oxygen atoms in total. The van der Waals surface area contributed by atoms with Crippen molar-refractivity contribution < 1.29 is 13.2 Å². The maximum Gasteiger partial charge on any atom is 0.416 e. The molecule has 0 saturated heterocycles. The van der Waals surface area contributed by atoms with Crippen LogP contribution in [-0.4, -0.2) is 49.6 Å². The summed E-state index contributed by atoms with van der Waals surface area (Å²) >= 11 is 0. The summed E-state index contributed by atoms with van der Waals surface area (Å²) < 4.78 is 37.9. The van der Waals surface area contributed by atoms with E-state index in [0.717, 1.165) is 56.7 Å². The van der Waals surface area contributed by atoms with Crippen LogP contribution < -0.4 is 0 Å². The minimum atomic E-state index is -4.26. The maximum absolute atomic E-state index is 12.6. The number of alkyl halides is 3. The largest absolute Gasteiger partial charge is 0.416 e. The Kier molecular flexibility index (Phi) is 7.08. The SMILES string of the molecule is CC(C)CN(C)CCCN1CC=C(c2ccc(C(F)(F)F)cc2)CC1. The Morgan fingerprint density at radius 2 is 1.84 bits per heavy atom. The number of benzene rings is 1. The lowest BCUT2D eigenvalue weighted by Gasteiger charge is -2.27. The Labute approximate surface area is 149 Å². The van der Waals surface area contributed by atoms with Crippen molar-refractivity contribution in [1.29, 1.82) is 0 Å². The molecule has 0 saturated carbocycles. The summed E-state index contributed by atoms with van der Waals surface area (Å²) in [5, 5.41) is 0. The van der Waals surface area contributed by atoms with Crippen LogP contribution in [0.15, 0.2) is 30.3 Å². The van der Waals surface area contributed by atoms with Gasteiger partial charge in [0.15, 0.2) is 0 Å². The van der Waals surface area contributed by atoms with Crippen LogP contribution in [0, 0.1) is 5.92 Å². The molecule has 1 aromatic carbocycles. The summed E-state index contributed by atoms with van der Waals surface area (Å²) in [4.78, 5) is 4.79. The van der Waals surface area contributed by atoms with Crippen LogP contribution in [0.4, 0.5) is 13.2 Å². The third kappa shape index (κ3) is 6.48. The predicted octanol–water partition coefficient (Wildman–Crippen LogP) is 4.77. The number of nitrogens with zero attached hydrogens (tertiary/aromatic N) is 2. The van der Waals surface area contributed by atoms with Crippen molar-refractivity contribution in [3.8, 4) is 0 Å². The summed E-state index contributed by atoms with van der Waals surface area (Å²) in [5.74, 6) is 0.689. The first-order valence-electron chi connectivity index (χ1n) is 9.03. The summed E-state index contributed by atoms with van der Waals surface area (Å²) in [5.41, 5.74) is 1.48. The van der Waals surface area contributed by atoms with Gasteiger partial charge in [-0.1, -0.05) is 32.1 Å². The zero-order valence-electron chi connectivity index (χ0n) is 15.4. The molecule has 0 N–H and O–H groups in total. The molecule has 140 valence electrons. The molecule has 0 fully saturated rings. The molecule has 0 spiro atoms. The molecule has 0 unspecified atom stereocenters. The second kappa shape index (κ2) is 8.86. The van der Waals surface area contributed by atoms with Crippen molar-refractivity contribution in [2.75, 3.05) is 39.8 Å². The summed E-state index contributed by atoms with van der Waals surface area (Å²) in [7, 11) is 2.17. The zero-order chi connectivity index (χ0) is 18.4. The second-order valence-electron chi connectivity index (χ2n) is 7.36. The van der Waals surface area contributed by atoms with Gasteiger partial charge in [-0.2, -0.15) is 13.2 Å². The number of rotatable bonds is 7. The molecule has 0 amide bonds. The van der Waals surface area contributed by atoms with Crippen molar-refractivity contribution in [3.63, 3.8) is 0 Å². The highest BCUT2D eigenvalue weighted by Crippen LogP contribution is 2.31. The van der Waals surface area contributed by atoms with Crippen molar-refractivity contribution in [2.24, 2.45) is 5.92 Å². The minimum absolute atomic E-state index is 0.584. The van der Waals surface area contributed by atoms with Crippen molar-refractivity contribution in [1.82, 2.24) is 9.80 Å². The van der Waals surface area contributed by atoms with Crippen LogP contribution in [0.5, 0.6) is 0 Å². The van der Waals surface area contributed by atoms with Gasteiger partial charge in [0.25, 0.3) is 0 Å².